The lowest BCUT2D eigenvalue weighted by Crippen LogP contribution is -2.32. The number of aromatic nitrogens is 1. The molecular weight excluding hydrogens is 406 g/mol. The number of thiophene rings is 1. The quantitative estimate of drug-likeness (QED) is 0.598. The van der Waals surface area contributed by atoms with E-state index in [0.717, 1.165) is 30.0 Å². The Labute approximate surface area is 176 Å². The first-order valence-corrected chi connectivity index (χ1v) is 11.3. The molecule has 1 atom stereocenters. The van der Waals surface area contributed by atoms with Crippen molar-refractivity contribution in [1.29, 1.82) is 0 Å². The summed E-state index contributed by atoms with van der Waals surface area (Å²) in [5.41, 5.74) is 2.72. The number of anilines is 1. The second-order valence-corrected chi connectivity index (χ2v) is 8.41. The minimum Gasteiger partial charge on any atom is -0.376 e. The second-order valence-electron chi connectivity index (χ2n) is 6.77. The summed E-state index contributed by atoms with van der Waals surface area (Å²) in [6.45, 7) is 1.23. The fourth-order valence-corrected chi connectivity index (χ4v) is 4.69. The molecule has 0 spiro atoms. The fraction of sp³-hybridized carbons (Fsp3) is 0.286. The minimum atomic E-state index is -0.218. The number of carbonyl (C=O) groups excluding carboxylic acids is 2. The van der Waals surface area contributed by atoms with Crippen LogP contribution in [0, 0.1) is 0 Å². The number of ether oxygens (including phenoxy) is 1. The second kappa shape index (κ2) is 9.30. The first-order valence-electron chi connectivity index (χ1n) is 9.44. The molecule has 1 aromatic carbocycles. The summed E-state index contributed by atoms with van der Waals surface area (Å²) in [6, 6.07) is 9.03. The summed E-state index contributed by atoms with van der Waals surface area (Å²) < 4.78 is 5.54. The van der Waals surface area contributed by atoms with E-state index in [2.05, 4.69) is 15.6 Å². The number of hydrogen-bond donors (Lipinski definition) is 2. The van der Waals surface area contributed by atoms with Crippen LogP contribution in [0.15, 0.2) is 46.5 Å². The molecule has 3 aromatic rings. The van der Waals surface area contributed by atoms with Crippen LogP contribution in [-0.2, 0) is 16.0 Å². The van der Waals surface area contributed by atoms with Crippen molar-refractivity contribution in [3.8, 4) is 10.6 Å². The molecule has 1 saturated heterocycles. The third kappa shape index (κ3) is 5.09. The molecule has 2 amide bonds. The van der Waals surface area contributed by atoms with E-state index < -0.39 is 0 Å². The van der Waals surface area contributed by atoms with Crippen LogP contribution in [0.3, 0.4) is 0 Å². The lowest BCUT2D eigenvalue weighted by atomic mass is 10.1. The number of benzene rings is 1. The molecule has 4 rings (SSSR count). The molecule has 0 saturated carbocycles. The average Bonchev–Trinajstić information content (AvgIpc) is 3.48. The Hall–Kier alpha value is -2.55. The van der Waals surface area contributed by atoms with Crippen LogP contribution in [0.4, 0.5) is 5.69 Å². The number of amides is 2. The molecule has 3 heterocycles. The summed E-state index contributed by atoms with van der Waals surface area (Å²) in [5.74, 6) is -0.420. The van der Waals surface area contributed by atoms with E-state index in [4.69, 9.17) is 4.74 Å². The third-order valence-electron chi connectivity index (χ3n) is 4.62. The van der Waals surface area contributed by atoms with Crippen molar-refractivity contribution in [3.05, 3.63) is 57.7 Å². The van der Waals surface area contributed by atoms with E-state index in [-0.39, 0.29) is 24.3 Å². The molecule has 8 heteroatoms. The Morgan fingerprint density at radius 3 is 2.90 bits per heavy atom. The Morgan fingerprint density at radius 1 is 1.21 bits per heavy atom. The number of hydrogen-bond acceptors (Lipinski definition) is 6. The van der Waals surface area contributed by atoms with Gasteiger partial charge in [-0.15, -0.1) is 11.3 Å². The summed E-state index contributed by atoms with van der Waals surface area (Å²) in [6.07, 6.45) is 2.21. The third-order valence-corrected chi connectivity index (χ3v) is 6.25. The number of thiazole rings is 1. The monoisotopic (exact) mass is 427 g/mol. The summed E-state index contributed by atoms with van der Waals surface area (Å²) in [7, 11) is 0. The van der Waals surface area contributed by atoms with Crippen LogP contribution < -0.4 is 10.6 Å². The summed E-state index contributed by atoms with van der Waals surface area (Å²) >= 11 is 3.14. The van der Waals surface area contributed by atoms with Crippen LogP contribution >= 0.6 is 22.7 Å². The largest absolute Gasteiger partial charge is 0.376 e. The van der Waals surface area contributed by atoms with E-state index in [1.165, 1.54) is 11.3 Å². The van der Waals surface area contributed by atoms with Crippen LogP contribution in [0.2, 0.25) is 0 Å². The maximum absolute atomic E-state index is 12.6. The van der Waals surface area contributed by atoms with E-state index in [1.807, 2.05) is 22.2 Å². The Kier molecular flexibility index (Phi) is 6.33. The van der Waals surface area contributed by atoms with Crippen molar-refractivity contribution in [2.75, 3.05) is 18.5 Å². The van der Waals surface area contributed by atoms with Crippen molar-refractivity contribution in [2.45, 2.75) is 25.4 Å². The van der Waals surface area contributed by atoms with Crippen molar-refractivity contribution in [3.63, 3.8) is 0 Å². The molecule has 0 bridgehead atoms. The Bertz CT molecular complexity index is 979. The average molecular weight is 428 g/mol. The van der Waals surface area contributed by atoms with Crippen LogP contribution in [0.1, 0.15) is 28.9 Å². The summed E-state index contributed by atoms with van der Waals surface area (Å²) in [4.78, 5) is 29.6. The molecule has 0 unspecified atom stereocenters. The summed E-state index contributed by atoms with van der Waals surface area (Å²) in [5, 5.41) is 12.6. The van der Waals surface area contributed by atoms with Crippen molar-refractivity contribution >= 4 is 40.2 Å². The number of nitrogens with one attached hydrogen (secondary N) is 2. The smallest absolute Gasteiger partial charge is 0.253 e. The number of para-hydroxylation sites is 1. The van der Waals surface area contributed by atoms with Crippen molar-refractivity contribution < 1.29 is 14.3 Å². The van der Waals surface area contributed by atoms with Gasteiger partial charge in [-0.1, -0.05) is 12.1 Å². The van der Waals surface area contributed by atoms with Gasteiger partial charge in [-0.05, 0) is 36.4 Å². The number of rotatable bonds is 7. The molecule has 0 radical (unpaired) electrons. The molecular formula is C21H21N3O3S2. The normalized spacial score (nSPS) is 15.9. The van der Waals surface area contributed by atoms with Gasteiger partial charge in [0, 0.05) is 29.5 Å². The highest BCUT2D eigenvalue weighted by Gasteiger charge is 2.19. The number of carbonyl (C=O) groups is 2. The molecule has 1 aliphatic heterocycles. The zero-order chi connectivity index (χ0) is 20.1. The maximum Gasteiger partial charge on any atom is 0.253 e. The molecule has 150 valence electrons. The highest BCUT2D eigenvalue weighted by Crippen LogP contribution is 2.26. The van der Waals surface area contributed by atoms with Crippen LogP contribution in [0.25, 0.3) is 10.6 Å². The van der Waals surface area contributed by atoms with Crippen molar-refractivity contribution in [1.82, 2.24) is 10.3 Å². The zero-order valence-electron chi connectivity index (χ0n) is 15.7. The maximum atomic E-state index is 12.6. The predicted molar refractivity (Wildman–Crippen MR) is 116 cm³/mol. The first kappa shape index (κ1) is 19.8. The molecule has 0 aliphatic carbocycles. The van der Waals surface area contributed by atoms with Gasteiger partial charge < -0.3 is 15.4 Å². The highest BCUT2D eigenvalue weighted by molar-refractivity contribution is 7.14. The minimum absolute atomic E-state index is 0.0720. The standard InChI is InChI=1S/C21H21N3O3S2/c25-19(10-15-13-29-21(23-15)14-7-9-28-12-14)24-18-6-2-1-5-17(18)20(26)22-11-16-4-3-8-27-16/h1-2,5-7,9,12-13,16H,3-4,8,10-11H2,(H,22,26)(H,24,25)/t16-/m0/s1. The van der Waals surface area contributed by atoms with Gasteiger partial charge in [-0.3, -0.25) is 9.59 Å². The van der Waals surface area contributed by atoms with Gasteiger partial charge in [0.15, 0.2) is 0 Å². The van der Waals surface area contributed by atoms with Gasteiger partial charge in [0.05, 0.1) is 29.5 Å². The zero-order valence-corrected chi connectivity index (χ0v) is 17.4. The fourth-order valence-electron chi connectivity index (χ4n) is 3.16. The molecule has 1 aliphatic rings. The SMILES string of the molecule is O=C(Cc1csc(-c2ccsc2)n1)Nc1ccccc1C(=O)NC[C@@H]1CCCO1. The van der Waals surface area contributed by atoms with Gasteiger partial charge in [0.25, 0.3) is 5.91 Å². The topological polar surface area (TPSA) is 80.3 Å². The lowest BCUT2D eigenvalue weighted by Gasteiger charge is -2.13. The molecule has 6 nitrogen and oxygen atoms in total. The lowest BCUT2D eigenvalue weighted by molar-refractivity contribution is -0.115. The number of nitrogens with zero attached hydrogens (tertiary/aromatic N) is 1. The first-order chi connectivity index (χ1) is 14.2. The van der Waals surface area contributed by atoms with Gasteiger partial charge >= 0.3 is 0 Å². The molecule has 2 aromatic heterocycles. The van der Waals surface area contributed by atoms with E-state index in [1.54, 1.807) is 35.6 Å². The van der Waals surface area contributed by atoms with Gasteiger partial charge in [0.2, 0.25) is 5.91 Å². The Morgan fingerprint density at radius 2 is 2.10 bits per heavy atom. The van der Waals surface area contributed by atoms with Gasteiger partial charge in [0.1, 0.15) is 5.01 Å². The predicted octanol–water partition coefficient (Wildman–Crippen LogP) is 3.96. The van der Waals surface area contributed by atoms with E-state index in [0.29, 0.717) is 23.5 Å². The van der Waals surface area contributed by atoms with Gasteiger partial charge in [-0.2, -0.15) is 11.3 Å². The molecule has 1 fully saturated rings. The highest BCUT2D eigenvalue weighted by atomic mass is 32.1. The van der Waals surface area contributed by atoms with Crippen LogP contribution in [-0.4, -0.2) is 36.1 Å². The van der Waals surface area contributed by atoms with E-state index >= 15 is 0 Å². The van der Waals surface area contributed by atoms with Crippen molar-refractivity contribution in [2.24, 2.45) is 0 Å². The molecule has 2 N–H and O–H groups in total. The van der Waals surface area contributed by atoms with Crippen LogP contribution in [0.5, 0.6) is 0 Å². The van der Waals surface area contributed by atoms with E-state index in [9.17, 15) is 9.59 Å². The Balaban J connectivity index is 1.37. The molecule has 29 heavy (non-hydrogen) atoms. The van der Waals surface area contributed by atoms with Gasteiger partial charge in [-0.25, -0.2) is 4.98 Å².